The summed E-state index contributed by atoms with van der Waals surface area (Å²) in [6.07, 6.45) is 1.56. The largest absolute Gasteiger partial charge is 0.301 e. The van der Waals surface area contributed by atoms with Crippen molar-refractivity contribution >= 4 is 17.0 Å². The Morgan fingerprint density at radius 1 is 0.960 bits per heavy atom. The molecule has 2 aromatic carbocycles. The van der Waals surface area contributed by atoms with Crippen LogP contribution >= 0.6 is 11.3 Å². The van der Waals surface area contributed by atoms with Crippen LogP contribution in [0.1, 0.15) is 27.6 Å². The topological polar surface area (TPSA) is 38.5 Å². The van der Waals surface area contributed by atoms with Gasteiger partial charge in [0.1, 0.15) is 6.04 Å². The van der Waals surface area contributed by atoms with Gasteiger partial charge < -0.3 is 5.73 Å². The molecule has 25 heavy (non-hydrogen) atoms. The highest BCUT2D eigenvalue weighted by Crippen LogP contribution is 2.41. The minimum atomic E-state index is -0.438. The van der Waals surface area contributed by atoms with Gasteiger partial charge in [0.2, 0.25) is 0 Å². The lowest BCUT2D eigenvalue weighted by Crippen LogP contribution is -2.29. The maximum absolute atomic E-state index is 6.13. The smallest absolute Gasteiger partial charge is 0.155 e. The molecule has 2 N–H and O–H groups in total. The second-order valence-electron chi connectivity index (χ2n) is 6.10. The first-order chi connectivity index (χ1) is 12.2. The van der Waals surface area contributed by atoms with E-state index in [4.69, 9.17) is 10.6 Å². The molecule has 0 bridgehead atoms. The Kier molecular flexibility index (Phi) is 4.40. The molecule has 0 saturated carbocycles. The van der Waals surface area contributed by atoms with Crippen LogP contribution < -0.4 is 5.73 Å². The Balaban J connectivity index is 1.82. The number of aryl methyl sites for hydroxylation is 1. The monoisotopic (exact) mass is 348 g/mol. The molecule has 0 fully saturated rings. The van der Waals surface area contributed by atoms with Crippen LogP contribution in [0, 0.1) is 6.92 Å². The van der Waals surface area contributed by atoms with Gasteiger partial charge >= 0.3 is 0 Å². The molecular formula is C21H20N2OS. The first kappa shape index (κ1) is 16.1. The predicted molar refractivity (Wildman–Crippen MR) is 103 cm³/mol. The molecule has 2 heterocycles. The van der Waals surface area contributed by atoms with Gasteiger partial charge in [0, 0.05) is 0 Å². The van der Waals surface area contributed by atoms with E-state index in [9.17, 15) is 0 Å². The maximum atomic E-state index is 6.13. The van der Waals surface area contributed by atoms with Crippen LogP contribution in [0.4, 0.5) is 0 Å². The molecule has 4 heteroatoms. The highest BCUT2D eigenvalue weighted by Gasteiger charge is 2.33. The Labute approximate surface area is 151 Å². The first-order valence-corrected chi connectivity index (χ1v) is 9.20. The van der Waals surface area contributed by atoms with Gasteiger partial charge in [-0.1, -0.05) is 60.7 Å². The van der Waals surface area contributed by atoms with Gasteiger partial charge in [-0.05, 0) is 41.1 Å². The summed E-state index contributed by atoms with van der Waals surface area (Å²) < 4.78 is 0. The number of rotatable bonds is 4. The zero-order chi connectivity index (χ0) is 17.2. The minimum Gasteiger partial charge on any atom is -0.301 e. The van der Waals surface area contributed by atoms with Crippen molar-refractivity contribution in [1.82, 2.24) is 5.06 Å². The Hall–Kier alpha value is -2.40. The zero-order valence-corrected chi connectivity index (χ0v) is 14.8. The van der Waals surface area contributed by atoms with Crippen LogP contribution in [0.3, 0.4) is 0 Å². The van der Waals surface area contributed by atoms with Crippen molar-refractivity contribution in [3.05, 3.63) is 99.8 Å². The van der Waals surface area contributed by atoms with Crippen LogP contribution in [0.25, 0.3) is 5.70 Å². The Morgan fingerprint density at radius 2 is 1.56 bits per heavy atom. The first-order valence-electron chi connectivity index (χ1n) is 8.32. The SMILES string of the molecule is Cc1ccsc1C1=CC(N)ON1C(c1ccccc1)c1ccccc1. The second-order valence-corrected chi connectivity index (χ2v) is 7.02. The summed E-state index contributed by atoms with van der Waals surface area (Å²) in [4.78, 5) is 7.25. The van der Waals surface area contributed by atoms with Crippen molar-refractivity contribution in [2.45, 2.75) is 19.2 Å². The number of hydrogen-bond acceptors (Lipinski definition) is 4. The Bertz CT molecular complexity index is 834. The summed E-state index contributed by atoms with van der Waals surface area (Å²) in [5, 5.41) is 4.07. The summed E-state index contributed by atoms with van der Waals surface area (Å²) in [7, 11) is 0. The van der Waals surface area contributed by atoms with Gasteiger partial charge in [-0.15, -0.1) is 11.3 Å². The van der Waals surface area contributed by atoms with E-state index in [0.29, 0.717) is 0 Å². The minimum absolute atomic E-state index is 0.0521. The number of benzene rings is 2. The third kappa shape index (κ3) is 3.12. The molecular weight excluding hydrogens is 328 g/mol. The highest BCUT2D eigenvalue weighted by molar-refractivity contribution is 7.11. The average Bonchev–Trinajstić information content (AvgIpc) is 3.22. The van der Waals surface area contributed by atoms with E-state index >= 15 is 0 Å². The summed E-state index contributed by atoms with van der Waals surface area (Å²) in [5.74, 6) is 0. The lowest BCUT2D eigenvalue weighted by Gasteiger charge is -2.31. The highest BCUT2D eigenvalue weighted by atomic mass is 32.1. The van der Waals surface area contributed by atoms with Gasteiger partial charge in [0.15, 0.2) is 6.23 Å². The lowest BCUT2D eigenvalue weighted by molar-refractivity contribution is -0.138. The molecule has 4 rings (SSSR count). The summed E-state index contributed by atoms with van der Waals surface area (Å²) in [5.41, 5.74) is 10.7. The third-order valence-electron chi connectivity index (χ3n) is 4.35. The molecule has 0 amide bonds. The van der Waals surface area contributed by atoms with Crippen LogP contribution in [0.2, 0.25) is 0 Å². The number of nitrogens with two attached hydrogens (primary N) is 1. The molecule has 3 nitrogen and oxygen atoms in total. The number of thiophene rings is 1. The summed E-state index contributed by atoms with van der Waals surface area (Å²) >= 11 is 1.71. The molecule has 1 aromatic heterocycles. The fraction of sp³-hybridized carbons (Fsp3) is 0.143. The molecule has 1 unspecified atom stereocenters. The predicted octanol–water partition coefficient (Wildman–Crippen LogP) is 4.72. The van der Waals surface area contributed by atoms with Crippen molar-refractivity contribution < 1.29 is 4.84 Å². The van der Waals surface area contributed by atoms with Gasteiger partial charge in [0.05, 0.1) is 10.6 Å². The molecule has 1 atom stereocenters. The van der Waals surface area contributed by atoms with E-state index in [-0.39, 0.29) is 6.04 Å². The molecule has 1 aliphatic heterocycles. The fourth-order valence-electron chi connectivity index (χ4n) is 3.19. The average molecular weight is 348 g/mol. The lowest BCUT2D eigenvalue weighted by atomic mass is 9.98. The summed E-state index contributed by atoms with van der Waals surface area (Å²) in [6, 6.07) is 22.9. The molecule has 0 spiro atoms. The van der Waals surface area contributed by atoms with Crippen molar-refractivity contribution in [3.63, 3.8) is 0 Å². The van der Waals surface area contributed by atoms with E-state index in [1.807, 2.05) is 23.3 Å². The fourth-order valence-corrected chi connectivity index (χ4v) is 4.13. The second kappa shape index (κ2) is 6.84. The number of hydroxylamine groups is 2. The quantitative estimate of drug-likeness (QED) is 0.741. The van der Waals surface area contributed by atoms with E-state index < -0.39 is 6.23 Å². The van der Waals surface area contributed by atoms with Crippen molar-refractivity contribution in [3.8, 4) is 0 Å². The molecule has 3 aromatic rings. The van der Waals surface area contributed by atoms with Crippen LogP contribution in [0.5, 0.6) is 0 Å². The van der Waals surface area contributed by atoms with Gasteiger partial charge in [0.25, 0.3) is 0 Å². The molecule has 1 aliphatic rings. The number of nitrogens with zero attached hydrogens (tertiary/aromatic N) is 1. The third-order valence-corrected chi connectivity index (χ3v) is 5.39. The van der Waals surface area contributed by atoms with Gasteiger partial charge in [-0.3, -0.25) is 0 Å². The standard InChI is InChI=1S/C21H20N2OS/c1-15-12-13-25-21(15)18-14-19(22)24-23(18)20(16-8-4-2-5-9-16)17-10-6-3-7-11-17/h2-14,19-20H,22H2,1H3. The van der Waals surface area contributed by atoms with Crippen LogP contribution in [0.15, 0.2) is 78.2 Å². The van der Waals surface area contributed by atoms with Crippen molar-refractivity contribution in [2.75, 3.05) is 0 Å². The van der Waals surface area contributed by atoms with E-state index in [2.05, 4.69) is 66.9 Å². The van der Waals surface area contributed by atoms with Crippen molar-refractivity contribution in [2.24, 2.45) is 5.73 Å². The van der Waals surface area contributed by atoms with E-state index in [1.54, 1.807) is 11.3 Å². The summed E-state index contributed by atoms with van der Waals surface area (Å²) in [6.45, 7) is 2.12. The van der Waals surface area contributed by atoms with E-state index in [1.165, 1.54) is 21.6 Å². The molecule has 126 valence electrons. The number of hydrogen-bond donors (Lipinski definition) is 1. The van der Waals surface area contributed by atoms with Crippen molar-refractivity contribution in [1.29, 1.82) is 0 Å². The molecule has 0 radical (unpaired) electrons. The van der Waals surface area contributed by atoms with Gasteiger partial charge in [-0.25, -0.2) is 9.90 Å². The normalized spacial score (nSPS) is 17.2. The van der Waals surface area contributed by atoms with E-state index in [0.717, 1.165) is 5.70 Å². The van der Waals surface area contributed by atoms with Crippen LogP contribution in [-0.2, 0) is 4.84 Å². The Morgan fingerprint density at radius 3 is 2.08 bits per heavy atom. The van der Waals surface area contributed by atoms with Crippen LogP contribution in [-0.4, -0.2) is 11.3 Å². The zero-order valence-electron chi connectivity index (χ0n) is 14.0. The molecule has 0 aliphatic carbocycles. The molecule has 0 saturated heterocycles. The van der Waals surface area contributed by atoms with Gasteiger partial charge in [-0.2, -0.15) is 0 Å². The maximum Gasteiger partial charge on any atom is 0.155 e.